The number of anilines is 2. The van der Waals surface area contributed by atoms with Crippen LogP contribution in [0.3, 0.4) is 0 Å². The zero-order chi connectivity index (χ0) is 21.1. The first-order valence-electron chi connectivity index (χ1n) is 10.2. The van der Waals surface area contributed by atoms with E-state index >= 15 is 0 Å². The van der Waals surface area contributed by atoms with E-state index in [1.807, 2.05) is 18.3 Å². The molecule has 1 amide bonds. The van der Waals surface area contributed by atoms with Crippen LogP contribution in [0.25, 0.3) is 10.9 Å². The molecule has 30 heavy (non-hydrogen) atoms. The standard InChI is InChI=1S/C23H26N6O/c1-4-15-13-26-23(24-10-9-16-14-25-20-8-6-5-7-19(16)20)28-21(15)27-18-11-17(12-18)22(30)29(2)3/h1,5-8,13-14,17-18,25H,9-12H2,2-3H3,(H2,24,26,27,28)/t17-,18+. The molecule has 3 aromatic rings. The minimum Gasteiger partial charge on any atom is -0.366 e. The molecule has 0 radical (unpaired) electrons. The van der Waals surface area contributed by atoms with Crippen molar-refractivity contribution in [1.82, 2.24) is 19.9 Å². The molecule has 1 aliphatic carbocycles. The number of hydrogen-bond acceptors (Lipinski definition) is 5. The Kier molecular flexibility index (Phi) is 5.57. The van der Waals surface area contributed by atoms with Crippen molar-refractivity contribution in [1.29, 1.82) is 0 Å². The Morgan fingerprint density at radius 3 is 2.90 bits per heavy atom. The van der Waals surface area contributed by atoms with E-state index in [1.54, 1.807) is 25.2 Å². The molecule has 1 fully saturated rings. The number of aromatic amines is 1. The van der Waals surface area contributed by atoms with Crippen molar-refractivity contribution in [3.05, 3.63) is 47.8 Å². The Morgan fingerprint density at radius 2 is 2.13 bits per heavy atom. The van der Waals surface area contributed by atoms with Crippen LogP contribution in [0.4, 0.5) is 11.8 Å². The van der Waals surface area contributed by atoms with Gasteiger partial charge >= 0.3 is 0 Å². The minimum atomic E-state index is 0.0717. The van der Waals surface area contributed by atoms with Crippen LogP contribution in [-0.2, 0) is 11.2 Å². The number of aromatic nitrogens is 3. The normalized spacial score (nSPS) is 17.8. The van der Waals surface area contributed by atoms with E-state index in [4.69, 9.17) is 6.42 Å². The first kappa shape index (κ1) is 19.8. The lowest BCUT2D eigenvalue weighted by atomic mass is 9.79. The van der Waals surface area contributed by atoms with Gasteiger partial charge < -0.3 is 20.5 Å². The van der Waals surface area contributed by atoms with Gasteiger partial charge in [-0.2, -0.15) is 4.98 Å². The molecular formula is C23H26N6O. The summed E-state index contributed by atoms with van der Waals surface area (Å²) in [6.45, 7) is 0.708. The summed E-state index contributed by atoms with van der Waals surface area (Å²) in [5, 5.41) is 7.90. The lowest BCUT2D eigenvalue weighted by Crippen LogP contribution is -2.44. The first-order valence-corrected chi connectivity index (χ1v) is 10.2. The molecule has 1 aromatic carbocycles. The number of H-pyrrole nitrogens is 1. The lowest BCUT2D eigenvalue weighted by molar-refractivity contribution is -0.135. The number of fused-ring (bicyclic) bond motifs is 1. The monoisotopic (exact) mass is 402 g/mol. The minimum absolute atomic E-state index is 0.0717. The third kappa shape index (κ3) is 4.08. The van der Waals surface area contributed by atoms with Gasteiger partial charge in [-0.3, -0.25) is 4.79 Å². The quantitative estimate of drug-likeness (QED) is 0.529. The van der Waals surface area contributed by atoms with Crippen molar-refractivity contribution < 1.29 is 4.79 Å². The number of hydrogen-bond donors (Lipinski definition) is 3. The Balaban J connectivity index is 1.36. The molecule has 0 atom stereocenters. The zero-order valence-electron chi connectivity index (χ0n) is 17.3. The number of carbonyl (C=O) groups is 1. The summed E-state index contributed by atoms with van der Waals surface area (Å²) in [4.78, 5) is 25.9. The van der Waals surface area contributed by atoms with Crippen molar-refractivity contribution in [3.63, 3.8) is 0 Å². The van der Waals surface area contributed by atoms with Gasteiger partial charge in [0, 0.05) is 49.7 Å². The van der Waals surface area contributed by atoms with Crippen molar-refractivity contribution in [2.45, 2.75) is 25.3 Å². The Hall–Kier alpha value is -3.53. The molecule has 2 aromatic heterocycles. The number of rotatable bonds is 7. The molecule has 0 unspecified atom stereocenters. The molecule has 7 heteroatoms. The summed E-state index contributed by atoms with van der Waals surface area (Å²) >= 11 is 0. The van der Waals surface area contributed by atoms with Crippen LogP contribution in [-0.4, -0.2) is 52.4 Å². The average Bonchev–Trinajstić information content (AvgIpc) is 3.13. The average molecular weight is 403 g/mol. The second-order valence-corrected chi connectivity index (χ2v) is 7.88. The van der Waals surface area contributed by atoms with Crippen molar-refractivity contribution in [2.75, 3.05) is 31.3 Å². The van der Waals surface area contributed by atoms with Crippen molar-refractivity contribution >= 4 is 28.6 Å². The molecule has 1 aliphatic rings. The zero-order valence-corrected chi connectivity index (χ0v) is 17.3. The van der Waals surface area contributed by atoms with Gasteiger partial charge in [-0.25, -0.2) is 4.98 Å². The van der Waals surface area contributed by atoms with Crippen LogP contribution >= 0.6 is 0 Å². The summed E-state index contributed by atoms with van der Waals surface area (Å²) < 4.78 is 0. The number of terminal acetylenes is 1. The molecule has 1 saturated carbocycles. The highest BCUT2D eigenvalue weighted by Gasteiger charge is 2.35. The second-order valence-electron chi connectivity index (χ2n) is 7.88. The Morgan fingerprint density at radius 1 is 1.33 bits per heavy atom. The SMILES string of the molecule is C#Cc1cnc(NCCc2c[nH]c3ccccc23)nc1N[C@H]1C[C@@H](C(=O)N(C)C)C1. The molecule has 7 nitrogen and oxygen atoms in total. The predicted octanol–water partition coefficient (Wildman–Crippen LogP) is 2.87. The third-order valence-corrected chi connectivity index (χ3v) is 5.57. The van der Waals surface area contributed by atoms with E-state index in [2.05, 4.69) is 43.6 Å². The highest BCUT2D eigenvalue weighted by Crippen LogP contribution is 2.31. The van der Waals surface area contributed by atoms with E-state index < -0.39 is 0 Å². The number of nitrogens with one attached hydrogen (secondary N) is 3. The smallest absolute Gasteiger partial charge is 0.225 e. The number of nitrogens with zero attached hydrogens (tertiary/aromatic N) is 3. The largest absolute Gasteiger partial charge is 0.366 e. The number of amides is 1. The van der Waals surface area contributed by atoms with Crippen LogP contribution in [0.2, 0.25) is 0 Å². The molecule has 0 bridgehead atoms. The van der Waals surface area contributed by atoms with Crippen LogP contribution < -0.4 is 10.6 Å². The van der Waals surface area contributed by atoms with Gasteiger partial charge in [0.05, 0.1) is 11.8 Å². The van der Waals surface area contributed by atoms with Crippen LogP contribution in [0.1, 0.15) is 24.0 Å². The van der Waals surface area contributed by atoms with Crippen LogP contribution in [0, 0.1) is 18.3 Å². The fourth-order valence-corrected chi connectivity index (χ4v) is 3.83. The molecule has 154 valence electrons. The summed E-state index contributed by atoms with van der Waals surface area (Å²) in [5.41, 5.74) is 3.02. The van der Waals surface area contributed by atoms with Gasteiger partial charge in [-0.15, -0.1) is 6.42 Å². The maximum atomic E-state index is 12.0. The van der Waals surface area contributed by atoms with Gasteiger partial charge in [-0.05, 0) is 30.9 Å². The van der Waals surface area contributed by atoms with E-state index in [0.29, 0.717) is 23.9 Å². The van der Waals surface area contributed by atoms with Gasteiger partial charge in [-0.1, -0.05) is 24.1 Å². The number of para-hydroxylation sites is 1. The molecule has 0 saturated heterocycles. The lowest BCUT2D eigenvalue weighted by Gasteiger charge is -2.36. The maximum Gasteiger partial charge on any atom is 0.225 e. The molecule has 0 aliphatic heterocycles. The van der Waals surface area contributed by atoms with Crippen molar-refractivity contribution in [2.24, 2.45) is 5.92 Å². The topological polar surface area (TPSA) is 85.9 Å². The van der Waals surface area contributed by atoms with Crippen LogP contribution in [0.5, 0.6) is 0 Å². The van der Waals surface area contributed by atoms with Gasteiger partial charge in [0.2, 0.25) is 11.9 Å². The van der Waals surface area contributed by atoms with Gasteiger partial charge in [0.25, 0.3) is 0 Å². The highest BCUT2D eigenvalue weighted by molar-refractivity contribution is 5.83. The highest BCUT2D eigenvalue weighted by atomic mass is 16.2. The summed E-state index contributed by atoms with van der Waals surface area (Å²) in [5.74, 6) is 4.06. The van der Waals surface area contributed by atoms with Crippen LogP contribution in [0.15, 0.2) is 36.7 Å². The van der Waals surface area contributed by atoms with Gasteiger partial charge in [0.15, 0.2) is 0 Å². The second kappa shape index (κ2) is 8.46. The van der Waals surface area contributed by atoms with Crippen molar-refractivity contribution in [3.8, 4) is 12.3 Å². The van der Waals surface area contributed by atoms with E-state index in [1.165, 1.54) is 10.9 Å². The Bertz CT molecular complexity index is 1090. The summed E-state index contributed by atoms with van der Waals surface area (Å²) in [7, 11) is 3.58. The molecular weight excluding hydrogens is 376 g/mol. The summed E-state index contributed by atoms with van der Waals surface area (Å²) in [6.07, 6.45) is 11.7. The molecule has 3 N–H and O–H groups in total. The first-order chi connectivity index (χ1) is 14.5. The molecule has 0 spiro atoms. The maximum absolute atomic E-state index is 12.0. The third-order valence-electron chi connectivity index (χ3n) is 5.57. The summed E-state index contributed by atoms with van der Waals surface area (Å²) in [6, 6.07) is 8.46. The molecule has 4 rings (SSSR count). The predicted molar refractivity (Wildman–Crippen MR) is 119 cm³/mol. The van der Waals surface area contributed by atoms with E-state index in [0.717, 1.165) is 24.8 Å². The number of carbonyl (C=O) groups excluding carboxylic acids is 1. The fraction of sp³-hybridized carbons (Fsp3) is 0.348. The van der Waals surface area contributed by atoms with Gasteiger partial charge in [0.1, 0.15) is 5.82 Å². The van der Waals surface area contributed by atoms with E-state index in [9.17, 15) is 4.79 Å². The fourth-order valence-electron chi connectivity index (χ4n) is 3.83. The molecule has 2 heterocycles. The number of benzene rings is 1. The Labute approximate surface area is 176 Å². The van der Waals surface area contributed by atoms with E-state index in [-0.39, 0.29) is 17.9 Å².